The Hall–Kier alpha value is -3.79. The smallest absolute Gasteiger partial charge is 0.271 e. The summed E-state index contributed by atoms with van der Waals surface area (Å²) in [6.45, 7) is 0.563. The van der Waals surface area contributed by atoms with E-state index in [9.17, 15) is 4.79 Å². The second-order valence-electron chi connectivity index (χ2n) is 7.73. The quantitative estimate of drug-likeness (QED) is 0.177. The molecule has 0 bridgehead atoms. The number of amides is 1. The Morgan fingerprint density at radius 3 is 2.77 bits per heavy atom. The maximum Gasteiger partial charge on any atom is 0.271 e. The second kappa shape index (κ2) is 10.2. The van der Waals surface area contributed by atoms with Gasteiger partial charge in [-0.05, 0) is 74.8 Å². The molecule has 0 aliphatic carbocycles. The van der Waals surface area contributed by atoms with Crippen molar-refractivity contribution in [1.82, 2.24) is 5.43 Å². The number of fused-ring (bicyclic) bond motifs is 2. The monoisotopic (exact) mass is 580 g/mol. The fraction of sp³-hybridized carbons (Fsp3) is 0.111. The molecule has 0 unspecified atom stereocenters. The van der Waals surface area contributed by atoms with Crippen LogP contribution in [-0.2, 0) is 6.61 Å². The Balaban J connectivity index is 1.28. The van der Waals surface area contributed by atoms with Crippen LogP contribution in [0.2, 0.25) is 0 Å². The van der Waals surface area contributed by atoms with Gasteiger partial charge in [-0.3, -0.25) is 4.79 Å². The van der Waals surface area contributed by atoms with E-state index in [1.807, 2.05) is 30.3 Å². The molecular weight excluding hydrogens is 559 g/mol. The number of ether oxygens (including phenoxy) is 4. The largest absolute Gasteiger partial charge is 0.493 e. The molecule has 1 N–H and O–H groups in total. The molecule has 35 heavy (non-hydrogen) atoms. The lowest BCUT2D eigenvalue weighted by Crippen LogP contribution is -2.17. The molecule has 1 aliphatic rings. The number of carbonyl (C=O) groups is 1. The first-order valence-corrected chi connectivity index (χ1v) is 11.9. The highest BCUT2D eigenvalue weighted by atomic mass is 127. The predicted molar refractivity (Wildman–Crippen MR) is 142 cm³/mol. The van der Waals surface area contributed by atoms with Gasteiger partial charge >= 0.3 is 0 Å². The molecule has 0 atom stereocenters. The van der Waals surface area contributed by atoms with E-state index >= 15 is 0 Å². The van der Waals surface area contributed by atoms with E-state index in [0.717, 1.165) is 20.1 Å². The summed E-state index contributed by atoms with van der Waals surface area (Å²) in [6, 6.07) is 23.1. The Bertz CT molecular complexity index is 1430. The standard InChI is InChI=1S/C27H21IN2O5/c1-32-25-12-17(14-29-30-27(31)19-9-10-23-24(13-19)35-16-34-23)11-22(28)26(25)33-15-20-7-4-6-18-5-2-3-8-21(18)20/h2-14H,15-16H2,1H3,(H,30,31)/b29-14+. The van der Waals surface area contributed by atoms with Crippen molar-refractivity contribution in [1.29, 1.82) is 0 Å². The van der Waals surface area contributed by atoms with E-state index < -0.39 is 0 Å². The van der Waals surface area contributed by atoms with Crippen molar-refractivity contribution in [3.8, 4) is 23.0 Å². The summed E-state index contributed by atoms with van der Waals surface area (Å²) < 4.78 is 23.2. The van der Waals surface area contributed by atoms with E-state index in [1.54, 1.807) is 31.5 Å². The lowest BCUT2D eigenvalue weighted by Gasteiger charge is -2.14. The number of nitrogens with one attached hydrogen (secondary N) is 1. The number of benzene rings is 4. The molecule has 0 aromatic heterocycles. The van der Waals surface area contributed by atoms with Crippen molar-refractivity contribution in [3.05, 3.63) is 93.1 Å². The van der Waals surface area contributed by atoms with Gasteiger partial charge in [0.05, 0.1) is 16.9 Å². The molecule has 4 aromatic rings. The van der Waals surface area contributed by atoms with Crippen LogP contribution in [0.3, 0.4) is 0 Å². The third kappa shape index (κ3) is 5.02. The van der Waals surface area contributed by atoms with Gasteiger partial charge in [-0.1, -0.05) is 42.5 Å². The Kier molecular flexibility index (Phi) is 6.71. The van der Waals surface area contributed by atoms with Crippen LogP contribution in [0.25, 0.3) is 10.8 Å². The molecule has 7 nitrogen and oxygen atoms in total. The number of hydrazone groups is 1. The maximum absolute atomic E-state index is 12.4. The minimum absolute atomic E-state index is 0.153. The van der Waals surface area contributed by atoms with Crippen molar-refractivity contribution in [2.75, 3.05) is 13.9 Å². The lowest BCUT2D eigenvalue weighted by atomic mass is 10.1. The summed E-state index contributed by atoms with van der Waals surface area (Å²) in [5.41, 5.74) is 4.81. The van der Waals surface area contributed by atoms with Crippen LogP contribution in [0.15, 0.2) is 77.9 Å². The first-order valence-electron chi connectivity index (χ1n) is 10.8. The Morgan fingerprint density at radius 2 is 1.89 bits per heavy atom. The number of hydrogen-bond acceptors (Lipinski definition) is 6. The summed E-state index contributed by atoms with van der Waals surface area (Å²) in [5, 5.41) is 6.42. The summed E-state index contributed by atoms with van der Waals surface area (Å²) in [5.74, 6) is 2.05. The van der Waals surface area contributed by atoms with Crippen LogP contribution in [0.5, 0.6) is 23.0 Å². The summed E-state index contributed by atoms with van der Waals surface area (Å²) in [4.78, 5) is 12.4. The zero-order valence-electron chi connectivity index (χ0n) is 18.8. The van der Waals surface area contributed by atoms with Gasteiger partial charge in [0.1, 0.15) is 6.61 Å². The highest BCUT2D eigenvalue weighted by Crippen LogP contribution is 2.35. The van der Waals surface area contributed by atoms with Crippen molar-refractivity contribution in [2.24, 2.45) is 5.10 Å². The number of hydrogen-bond donors (Lipinski definition) is 1. The Labute approximate surface area is 215 Å². The molecular formula is C27H21IN2O5. The average molecular weight is 580 g/mol. The number of carbonyl (C=O) groups excluding carboxylic acids is 1. The number of methoxy groups -OCH3 is 1. The number of nitrogens with zero attached hydrogens (tertiary/aromatic N) is 1. The molecule has 0 radical (unpaired) electrons. The minimum Gasteiger partial charge on any atom is -0.493 e. The third-order valence-electron chi connectivity index (χ3n) is 5.52. The molecule has 8 heteroatoms. The van der Waals surface area contributed by atoms with Crippen molar-refractivity contribution in [3.63, 3.8) is 0 Å². The van der Waals surface area contributed by atoms with Crippen LogP contribution in [0.4, 0.5) is 0 Å². The third-order valence-corrected chi connectivity index (χ3v) is 6.32. The van der Waals surface area contributed by atoms with Gasteiger partial charge in [-0.15, -0.1) is 0 Å². The molecule has 1 aliphatic heterocycles. The van der Waals surface area contributed by atoms with Crippen LogP contribution >= 0.6 is 22.6 Å². The van der Waals surface area contributed by atoms with Gasteiger partial charge in [0.15, 0.2) is 23.0 Å². The predicted octanol–water partition coefficient (Wildman–Crippen LogP) is 5.52. The molecule has 0 saturated heterocycles. The van der Waals surface area contributed by atoms with E-state index in [4.69, 9.17) is 18.9 Å². The normalized spacial score (nSPS) is 12.2. The Morgan fingerprint density at radius 1 is 1.06 bits per heavy atom. The van der Waals surface area contributed by atoms with Crippen molar-refractivity contribution >= 4 is 45.5 Å². The summed E-state index contributed by atoms with van der Waals surface area (Å²) in [7, 11) is 1.60. The van der Waals surface area contributed by atoms with Crippen LogP contribution in [0, 0.1) is 3.57 Å². The van der Waals surface area contributed by atoms with Crippen molar-refractivity contribution < 1.29 is 23.7 Å². The highest BCUT2D eigenvalue weighted by molar-refractivity contribution is 14.1. The minimum atomic E-state index is -0.351. The van der Waals surface area contributed by atoms with Gasteiger partial charge < -0.3 is 18.9 Å². The van der Waals surface area contributed by atoms with Crippen LogP contribution in [0.1, 0.15) is 21.5 Å². The molecule has 4 aromatic carbocycles. The average Bonchev–Trinajstić information content (AvgIpc) is 3.36. The fourth-order valence-electron chi connectivity index (χ4n) is 3.79. The molecule has 5 rings (SSSR count). The summed E-state index contributed by atoms with van der Waals surface area (Å²) >= 11 is 2.21. The van der Waals surface area contributed by atoms with E-state index in [2.05, 4.69) is 57.4 Å². The van der Waals surface area contributed by atoms with Crippen LogP contribution in [-0.4, -0.2) is 26.0 Å². The van der Waals surface area contributed by atoms with Gasteiger partial charge in [-0.25, -0.2) is 5.43 Å². The molecule has 0 saturated carbocycles. The first-order chi connectivity index (χ1) is 17.1. The van der Waals surface area contributed by atoms with Gasteiger partial charge in [0, 0.05) is 5.56 Å². The molecule has 0 spiro atoms. The van der Waals surface area contributed by atoms with E-state index in [1.165, 1.54) is 5.39 Å². The van der Waals surface area contributed by atoms with E-state index in [-0.39, 0.29) is 12.7 Å². The topological polar surface area (TPSA) is 78.4 Å². The lowest BCUT2D eigenvalue weighted by molar-refractivity contribution is 0.0954. The number of halogens is 1. The highest BCUT2D eigenvalue weighted by Gasteiger charge is 2.16. The van der Waals surface area contributed by atoms with Crippen LogP contribution < -0.4 is 24.4 Å². The van der Waals surface area contributed by atoms with Gasteiger partial charge in [0.2, 0.25) is 6.79 Å². The second-order valence-corrected chi connectivity index (χ2v) is 8.89. The zero-order valence-corrected chi connectivity index (χ0v) is 20.9. The molecule has 1 amide bonds. The molecule has 176 valence electrons. The fourth-order valence-corrected chi connectivity index (χ4v) is 4.57. The SMILES string of the molecule is COc1cc(/C=N/NC(=O)c2ccc3c(c2)OCO3)cc(I)c1OCc1cccc2ccccc12. The summed E-state index contributed by atoms with van der Waals surface area (Å²) in [6.07, 6.45) is 1.56. The molecule has 0 fully saturated rings. The van der Waals surface area contributed by atoms with E-state index in [0.29, 0.717) is 35.2 Å². The maximum atomic E-state index is 12.4. The zero-order chi connectivity index (χ0) is 24.2. The van der Waals surface area contributed by atoms with Gasteiger partial charge in [0.25, 0.3) is 5.91 Å². The molecule has 1 heterocycles. The number of rotatable bonds is 7. The van der Waals surface area contributed by atoms with Crippen molar-refractivity contribution in [2.45, 2.75) is 6.61 Å². The first kappa shape index (κ1) is 23.0. The van der Waals surface area contributed by atoms with Gasteiger partial charge in [-0.2, -0.15) is 5.10 Å².